The smallest absolute Gasteiger partial charge is 0.220 e. The third-order valence-corrected chi connectivity index (χ3v) is 5.04. The van der Waals surface area contributed by atoms with Crippen LogP contribution in [0.1, 0.15) is 19.3 Å². The Morgan fingerprint density at radius 2 is 2.35 bits per heavy atom. The number of nitrogens with zero attached hydrogens (tertiary/aromatic N) is 1. The summed E-state index contributed by atoms with van der Waals surface area (Å²) in [6.07, 6.45) is 2.03. The molecule has 1 aliphatic rings. The minimum atomic E-state index is 0.0525. The van der Waals surface area contributed by atoms with E-state index in [0.29, 0.717) is 31.0 Å². The number of carbonyl (C=O) groups is 1. The molecule has 0 fully saturated rings. The van der Waals surface area contributed by atoms with E-state index in [9.17, 15) is 9.90 Å². The summed E-state index contributed by atoms with van der Waals surface area (Å²) in [6, 6.07) is 5.55. The number of phenols is 1. The van der Waals surface area contributed by atoms with Crippen molar-refractivity contribution in [2.75, 3.05) is 24.4 Å². The molecule has 0 aromatic heterocycles. The van der Waals surface area contributed by atoms with Crippen molar-refractivity contribution in [3.05, 3.63) is 18.2 Å². The van der Waals surface area contributed by atoms with Crippen molar-refractivity contribution in [2.45, 2.75) is 29.5 Å². The summed E-state index contributed by atoms with van der Waals surface area (Å²) < 4.78 is 0. The first-order valence-electron chi connectivity index (χ1n) is 6.67. The number of carbonyl (C=O) groups excluding carboxylic acids is 1. The number of fused-ring (bicyclic) bond motifs is 1. The second-order valence-electron chi connectivity index (χ2n) is 4.74. The van der Waals surface area contributed by atoms with Gasteiger partial charge in [0.2, 0.25) is 5.91 Å². The maximum Gasteiger partial charge on any atom is 0.220 e. The SMILES string of the molecule is CN1c2cccc(O)c2SC1CCNC(=O)CCCCl. The van der Waals surface area contributed by atoms with E-state index in [2.05, 4.69) is 10.2 Å². The van der Waals surface area contributed by atoms with Crippen LogP contribution in [0.25, 0.3) is 0 Å². The first kappa shape index (κ1) is 15.3. The Kier molecular flexibility index (Phi) is 5.43. The van der Waals surface area contributed by atoms with Crippen LogP contribution < -0.4 is 10.2 Å². The highest BCUT2D eigenvalue weighted by Gasteiger charge is 2.28. The number of anilines is 1. The van der Waals surface area contributed by atoms with Gasteiger partial charge in [-0.3, -0.25) is 4.79 Å². The standard InChI is InChI=1S/C14H19ClN2O2S/c1-17-10-4-2-5-11(18)14(10)20-13(17)7-9-16-12(19)6-3-8-15/h2,4-5,13,18H,3,6-9H2,1H3,(H,16,19). The highest BCUT2D eigenvalue weighted by atomic mass is 35.5. The molecular weight excluding hydrogens is 296 g/mol. The lowest BCUT2D eigenvalue weighted by Gasteiger charge is -2.21. The molecule has 2 N–H and O–H groups in total. The number of amides is 1. The van der Waals surface area contributed by atoms with E-state index in [4.69, 9.17) is 11.6 Å². The lowest BCUT2D eigenvalue weighted by atomic mass is 10.2. The summed E-state index contributed by atoms with van der Waals surface area (Å²) in [7, 11) is 2.01. The van der Waals surface area contributed by atoms with Crippen LogP contribution in [0.4, 0.5) is 5.69 Å². The molecule has 0 radical (unpaired) electrons. The molecule has 1 aliphatic heterocycles. The minimum absolute atomic E-state index is 0.0525. The Balaban J connectivity index is 1.82. The fourth-order valence-corrected chi connectivity index (χ4v) is 3.62. The number of alkyl halides is 1. The predicted molar refractivity (Wildman–Crippen MR) is 83.7 cm³/mol. The zero-order valence-electron chi connectivity index (χ0n) is 11.4. The number of thioether (sulfide) groups is 1. The van der Waals surface area contributed by atoms with Crippen molar-refractivity contribution in [2.24, 2.45) is 0 Å². The summed E-state index contributed by atoms with van der Waals surface area (Å²) >= 11 is 7.20. The molecule has 1 heterocycles. The highest BCUT2D eigenvalue weighted by molar-refractivity contribution is 8.00. The van der Waals surface area contributed by atoms with Crippen LogP contribution in [0.2, 0.25) is 0 Å². The predicted octanol–water partition coefficient (Wildman–Crippen LogP) is 2.79. The minimum Gasteiger partial charge on any atom is -0.507 e. The Morgan fingerprint density at radius 3 is 3.05 bits per heavy atom. The molecule has 1 amide bonds. The van der Waals surface area contributed by atoms with E-state index in [0.717, 1.165) is 17.0 Å². The van der Waals surface area contributed by atoms with Crippen molar-refractivity contribution < 1.29 is 9.90 Å². The van der Waals surface area contributed by atoms with Crippen LogP contribution in [0, 0.1) is 0 Å². The van der Waals surface area contributed by atoms with Gasteiger partial charge in [-0.25, -0.2) is 0 Å². The lowest BCUT2D eigenvalue weighted by molar-refractivity contribution is -0.121. The first-order chi connectivity index (χ1) is 9.63. The van der Waals surface area contributed by atoms with Gasteiger partial charge < -0.3 is 15.3 Å². The van der Waals surface area contributed by atoms with Gasteiger partial charge in [-0.05, 0) is 25.0 Å². The Hall–Kier alpha value is -1.07. The molecule has 110 valence electrons. The lowest BCUT2D eigenvalue weighted by Crippen LogP contribution is -2.31. The van der Waals surface area contributed by atoms with E-state index in [1.165, 1.54) is 0 Å². The summed E-state index contributed by atoms with van der Waals surface area (Å²) in [5.41, 5.74) is 1.05. The normalized spacial score (nSPS) is 17.1. The van der Waals surface area contributed by atoms with Crippen molar-refractivity contribution >= 4 is 35.0 Å². The van der Waals surface area contributed by atoms with Crippen molar-refractivity contribution in [3.63, 3.8) is 0 Å². The maximum absolute atomic E-state index is 11.5. The third kappa shape index (κ3) is 3.52. The molecular formula is C14H19ClN2O2S. The Morgan fingerprint density at radius 1 is 1.55 bits per heavy atom. The number of benzene rings is 1. The second kappa shape index (κ2) is 7.09. The Labute approximate surface area is 128 Å². The van der Waals surface area contributed by atoms with Crippen molar-refractivity contribution in [1.82, 2.24) is 5.32 Å². The maximum atomic E-state index is 11.5. The van der Waals surface area contributed by atoms with Crippen molar-refractivity contribution in [3.8, 4) is 5.75 Å². The molecule has 6 heteroatoms. The molecule has 0 saturated carbocycles. The summed E-state index contributed by atoms with van der Waals surface area (Å²) in [6.45, 7) is 0.637. The zero-order valence-corrected chi connectivity index (χ0v) is 13.0. The number of hydrogen-bond acceptors (Lipinski definition) is 4. The molecule has 0 saturated heterocycles. The van der Waals surface area contributed by atoms with Gasteiger partial charge in [0.25, 0.3) is 0 Å². The summed E-state index contributed by atoms with van der Waals surface area (Å²) in [5, 5.41) is 13.0. The van der Waals surface area contributed by atoms with Gasteiger partial charge in [0.15, 0.2) is 0 Å². The molecule has 1 aromatic rings. The van der Waals surface area contributed by atoms with Crippen LogP contribution in [0.15, 0.2) is 23.1 Å². The van der Waals surface area contributed by atoms with E-state index in [-0.39, 0.29) is 11.3 Å². The molecule has 0 bridgehead atoms. The number of rotatable bonds is 6. The molecule has 1 aromatic carbocycles. The van der Waals surface area contributed by atoms with E-state index in [1.54, 1.807) is 17.8 Å². The van der Waals surface area contributed by atoms with Gasteiger partial charge in [-0.15, -0.1) is 11.6 Å². The van der Waals surface area contributed by atoms with Crippen molar-refractivity contribution in [1.29, 1.82) is 0 Å². The fourth-order valence-electron chi connectivity index (χ4n) is 2.19. The number of phenolic OH excluding ortho intramolecular Hbond substituents is 1. The van der Waals surface area contributed by atoms with Crippen LogP contribution in [0.3, 0.4) is 0 Å². The van der Waals surface area contributed by atoms with Gasteiger partial charge in [0.05, 0.1) is 16.0 Å². The average molecular weight is 315 g/mol. The largest absolute Gasteiger partial charge is 0.507 e. The number of aromatic hydroxyl groups is 1. The fraction of sp³-hybridized carbons (Fsp3) is 0.500. The quantitative estimate of drug-likeness (QED) is 0.793. The third-order valence-electron chi connectivity index (χ3n) is 3.29. The summed E-state index contributed by atoms with van der Waals surface area (Å²) in [5.74, 6) is 0.896. The van der Waals surface area contributed by atoms with Gasteiger partial charge in [-0.1, -0.05) is 17.8 Å². The van der Waals surface area contributed by atoms with Gasteiger partial charge in [0, 0.05) is 25.9 Å². The zero-order chi connectivity index (χ0) is 14.5. The molecule has 0 spiro atoms. The first-order valence-corrected chi connectivity index (χ1v) is 8.09. The molecule has 1 unspecified atom stereocenters. The molecule has 0 aliphatic carbocycles. The van der Waals surface area contributed by atoms with Crippen LogP contribution in [0.5, 0.6) is 5.75 Å². The molecule has 1 atom stereocenters. The van der Waals surface area contributed by atoms with Gasteiger partial charge in [-0.2, -0.15) is 0 Å². The number of nitrogens with one attached hydrogen (secondary N) is 1. The molecule has 20 heavy (non-hydrogen) atoms. The monoisotopic (exact) mass is 314 g/mol. The highest BCUT2D eigenvalue weighted by Crippen LogP contribution is 2.47. The van der Waals surface area contributed by atoms with E-state index < -0.39 is 0 Å². The average Bonchev–Trinajstić information content (AvgIpc) is 2.76. The second-order valence-corrected chi connectivity index (χ2v) is 6.31. The van der Waals surface area contributed by atoms with E-state index in [1.807, 2.05) is 19.2 Å². The van der Waals surface area contributed by atoms with E-state index >= 15 is 0 Å². The Bertz CT molecular complexity index is 484. The van der Waals surface area contributed by atoms with Crippen LogP contribution in [-0.4, -0.2) is 35.9 Å². The van der Waals surface area contributed by atoms with Gasteiger partial charge in [0.1, 0.15) is 5.75 Å². The number of halogens is 1. The number of hydrogen-bond donors (Lipinski definition) is 2. The van der Waals surface area contributed by atoms with Crippen LogP contribution >= 0.6 is 23.4 Å². The van der Waals surface area contributed by atoms with Crippen LogP contribution in [-0.2, 0) is 4.79 Å². The summed E-state index contributed by atoms with van der Waals surface area (Å²) in [4.78, 5) is 14.6. The molecule has 4 nitrogen and oxygen atoms in total. The topological polar surface area (TPSA) is 52.6 Å². The molecule has 2 rings (SSSR count). The van der Waals surface area contributed by atoms with Gasteiger partial charge >= 0.3 is 0 Å².